The first-order valence-electron chi connectivity index (χ1n) is 7.83. The maximum absolute atomic E-state index is 12.5. The van der Waals surface area contributed by atoms with Crippen LogP contribution in [0.1, 0.15) is 22.8 Å². The molecule has 0 aliphatic carbocycles. The largest absolute Gasteiger partial charge is 0.490 e. The summed E-state index contributed by atoms with van der Waals surface area (Å²) in [6.45, 7) is 2.01. The van der Waals surface area contributed by atoms with Crippen LogP contribution in [0.4, 0.5) is 5.69 Å². The van der Waals surface area contributed by atoms with Crippen LogP contribution in [-0.2, 0) is 6.42 Å². The predicted octanol–water partition coefficient (Wildman–Crippen LogP) is 3.10. The maximum Gasteiger partial charge on any atom is 0.261 e. The second-order valence-corrected chi connectivity index (χ2v) is 6.01. The molecule has 0 radical (unpaired) electrons. The number of rotatable bonds is 2. The highest BCUT2D eigenvalue weighted by molar-refractivity contribution is 6.05. The third-order valence-electron chi connectivity index (χ3n) is 4.15. The Labute approximate surface area is 138 Å². The van der Waals surface area contributed by atoms with Crippen LogP contribution in [0.15, 0.2) is 53.3 Å². The minimum absolute atomic E-state index is 0.0961. The first-order valence-corrected chi connectivity index (χ1v) is 7.83. The van der Waals surface area contributed by atoms with Gasteiger partial charge in [0.2, 0.25) is 0 Å². The van der Waals surface area contributed by atoms with E-state index in [0.717, 1.165) is 23.1 Å². The smallest absolute Gasteiger partial charge is 0.261 e. The van der Waals surface area contributed by atoms with Gasteiger partial charge in [0.15, 0.2) is 0 Å². The van der Waals surface area contributed by atoms with Crippen molar-refractivity contribution in [1.82, 2.24) is 4.98 Å². The van der Waals surface area contributed by atoms with Gasteiger partial charge >= 0.3 is 0 Å². The van der Waals surface area contributed by atoms with Crippen molar-refractivity contribution in [2.75, 3.05) is 5.32 Å². The third kappa shape index (κ3) is 2.54. The number of pyridine rings is 1. The number of fused-ring (bicyclic) bond motifs is 2. The van der Waals surface area contributed by atoms with Crippen molar-refractivity contribution in [3.05, 3.63) is 70.0 Å². The Hall–Kier alpha value is -3.08. The van der Waals surface area contributed by atoms with E-state index in [1.54, 1.807) is 18.2 Å². The summed E-state index contributed by atoms with van der Waals surface area (Å²) in [6.07, 6.45) is 0.963. The Morgan fingerprint density at radius 3 is 2.92 bits per heavy atom. The van der Waals surface area contributed by atoms with E-state index in [-0.39, 0.29) is 11.7 Å². The molecule has 120 valence electrons. The van der Waals surface area contributed by atoms with E-state index in [9.17, 15) is 9.59 Å². The number of hydrogen-bond donors (Lipinski definition) is 2. The highest BCUT2D eigenvalue weighted by atomic mass is 16.5. The van der Waals surface area contributed by atoms with Crippen LogP contribution in [0.2, 0.25) is 0 Å². The van der Waals surface area contributed by atoms with Gasteiger partial charge in [0.1, 0.15) is 17.4 Å². The molecular formula is C19H16N2O3. The lowest BCUT2D eigenvalue weighted by Gasteiger charge is -2.07. The van der Waals surface area contributed by atoms with Crippen LogP contribution in [0.25, 0.3) is 10.9 Å². The second kappa shape index (κ2) is 5.53. The minimum Gasteiger partial charge on any atom is -0.490 e. The molecule has 0 fully saturated rings. The number of carbonyl (C=O) groups is 1. The minimum atomic E-state index is -0.422. The number of aromatic amines is 1. The summed E-state index contributed by atoms with van der Waals surface area (Å²) < 4.78 is 5.65. The van der Waals surface area contributed by atoms with E-state index in [1.165, 1.54) is 0 Å². The van der Waals surface area contributed by atoms with Crippen molar-refractivity contribution < 1.29 is 9.53 Å². The topological polar surface area (TPSA) is 71.2 Å². The van der Waals surface area contributed by atoms with Gasteiger partial charge in [0.25, 0.3) is 11.5 Å². The Balaban J connectivity index is 1.64. The molecule has 2 N–H and O–H groups in total. The molecule has 4 rings (SSSR count). The van der Waals surface area contributed by atoms with Crippen LogP contribution >= 0.6 is 0 Å². The predicted molar refractivity (Wildman–Crippen MR) is 92.8 cm³/mol. The Morgan fingerprint density at radius 2 is 2.04 bits per heavy atom. The number of para-hydroxylation sites is 1. The standard InChI is InChI=1S/C19H16N2O3/c1-11-8-13-9-14(6-7-17(13)24-11)20-18(22)15-10-12-4-2-3-5-16(12)21-19(15)23/h2-7,9-11H,8H2,1H3,(H,20,22)(H,21,23). The number of ether oxygens (including phenoxy) is 1. The number of aromatic nitrogens is 1. The summed E-state index contributed by atoms with van der Waals surface area (Å²) in [5.74, 6) is 0.429. The zero-order chi connectivity index (χ0) is 16.7. The fourth-order valence-corrected chi connectivity index (χ4v) is 3.01. The molecule has 2 heterocycles. The molecule has 0 saturated heterocycles. The number of amides is 1. The maximum atomic E-state index is 12.5. The van der Waals surface area contributed by atoms with Crippen molar-refractivity contribution in [3.63, 3.8) is 0 Å². The fraction of sp³-hybridized carbons (Fsp3) is 0.158. The molecule has 1 aromatic heterocycles. The van der Waals surface area contributed by atoms with Gasteiger partial charge in [-0.05, 0) is 48.2 Å². The van der Waals surface area contributed by atoms with E-state index in [0.29, 0.717) is 11.2 Å². The molecule has 0 saturated carbocycles. The summed E-state index contributed by atoms with van der Waals surface area (Å²) in [7, 11) is 0. The van der Waals surface area contributed by atoms with Gasteiger partial charge in [-0.2, -0.15) is 0 Å². The molecule has 0 spiro atoms. The number of hydrogen-bond acceptors (Lipinski definition) is 3. The second-order valence-electron chi connectivity index (χ2n) is 6.01. The SMILES string of the molecule is CC1Cc2cc(NC(=O)c3cc4ccccc4[nH]c3=O)ccc2O1. The van der Waals surface area contributed by atoms with Crippen LogP contribution < -0.4 is 15.6 Å². The summed E-state index contributed by atoms with van der Waals surface area (Å²) in [6, 6.07) is 14.5. The normalized spacial score (nSPS) is 15.8. The van der Waals surface area contributed by atoms with E-state index in [4.69, 9.17) is 4.74 Å². The van der Waals surface area contributed by atoms with E-state index < -0.39 is 11.5 Å². The van der Waals surface area contributed by atoms with Gasteiger partial charge in [0, 0.05) is 17.6 Å². The molecule has 1 aliphatic heterocycles. The lowest BCUT2D eigenvalue weighted by Crippen LogP contribution is -2.23. The van der Waals surface area contributed by atoms with Crippen molar-refractivity contribution in [2.24, 2.45) is 0 Å². The van der Waals surface area contributed by atoms with Crippen molar-refractivity contribution in [3.8, 4) is 5.75 Å². The molecule has 5 heteroatoms. The summed E-state index contributed by atoms with van der Waals surface area (Å²) in [4.78, 5) is 27.4. The number of anilines is 1. The van der Waals surface area contributed by atoms with E-state index in [2.05, 4.69) is 10.3 Å². The number of H-pyrrole nitrogens is 1. The van der Waals surface area contributed by atoms with E-state index in [1.807, 2.05) is 37.3 Å². The number of nitrogens with one attached hydrogen (secondary N) is 2. The lowest BCUT2D eigenvalue weighted by atomic mass is 10.1. The van der Waals surface area contributed by atoms with Gasteiger partial charge in [0.05, 0.1) is 0 Å². The van der Waals surface area contributed by atoms with Crippen molar-refractivity contribution >= 4 is 22.5 Å². The summed E-state index contributed by atoms with van der Waals surface area (Å²) >= 11 is 0. The highest BCUT2D eigenvalue weighted by Crippen LogP contribution is 2.31. The molecule has 24 heavy (non-hydrogen) atoms. The average Bonchev–Trinajstić information content (AvgIpc) is 2.93. The molecule has 5 nitrogen and oxygen atoms in total. The molecule has 1 unspecified atom stereocenters. The zero-order valence-electron chi connectivity index (χ0n) is 13.1. The fourth-order valence-electron chi connectivity index (χ4n) is 3.01. The highest BCUT2D eigenvalue weighted by Gasteiger charge is 2.20. The first-order chi connectivity index (χ1) is 11.6. The van der Waals surface area contributed by atoms with Crippen molar-refractivity contribution in [2.45, 2.75) is 19.4 Å². The van der Waals surface area contributed by atoms with Gasteiger partial charge < -0.3 is 15.0 Å². The van der Waals surface area contributed by atoms with Crippen LogP contribution in [-0.4, -0.2) is 17.0 Å². The molecule has 1 aliphatic rings. The molecule has 1 amide bonds. The van der Waals surface area contributed by atoms with Crippen LogP contribution in [0, 0.1) is 0 Å². The molecule has 0 bridgehead atoms. The number of carbonyl (C=O) groups excluding carboxylic acids is 1. The Bertz CT molecular complexity index is 1010. The first kappa shape index (κ1) is 14.5. The lowest BCUT2D eigenvalue weighted by molar-refractivity contribution is 0.102. The third-order valence-corrected chi connectivity index (χ3v) is 4.15. The summed E-state index contributed by atoms with van der Waals surface area (Å²) in [5, 5.41) is 3.61. The Morgan fingerprint density at radius 1 is 1.21 bits per heavy atom. The van der Waals surface area contributed by atoms with Crippen LogP contribution in [0.3, 0.4) is 0 Å². The summed E-state index contributed by atoms with van der Waals surface area (Å²) in [5.41, 5.74) is 2.13. The zero-order valence-corrected chi connectivity index (χ0v) is 13.1. The van der Waals surface area contributed by atoms with Gasteiger partial charge in [-0.1, -0.05) is 18.2 Å². The molecular weight excluding hydrogens is 304 g/mol. The molecule has 2 aromatic carbocycles. The Kier molecular flexibility index (Phi) is 3.34. The van der Waals surface area contributed by atoms with Crippen molar-refractivity contribution in [1.29, 1.82) is 0 Å². The molecule has 1 atom stereocenters. The monoisotopic (exact) mass is 320 g/mol. The van der Waals surface area contributed by atoms with Gasteiger partial charge in [-0.25, -0.2) is 0 Å². The van der Waals surface area contributed by atoms with Crippen LogP contribution in [0.5, 0.6) is 5.75 Å². The van der Waals surface area contributed by atoms with Gasteiger partial charge in [-0.15, -0.1) is 0 Å². The number of benzene rings is 2. The average molecular weight is 320 g/mol. The van der Waals surface area contributed by atoms with Gasteiger partial charge in [-0.3, -0.25) is 9.59 Å². The van der Waals surface area contributed by atoms with E-state index >= 15 is 0 Å². The quantitative estimate of drug-likeness (QED) is 0.762. The molecule has 3 aromatic rings.